The Kier molecular flexibility index (Phi) is 6.77. The van der Waals surface area contributed by atoms with Gasteiger partial charge in [0.1, 0.15) is 0 Å². The van der Waals surface area contributed by atoms with E-state index in [1.54, 1.807) is 28.0 Å². The van der Waals surface area contributed by atoms with Gasteiger partial charge in [-0.3, -0.25) is 9.59 Å². The highest BCUT2D eigenvalue weighted by atomic mass is 35.5. The smallest absolute Gasteiger partial charge is 0.255 e. The fourth-order valence-electron chi connectivity index (χ4n) is 3.54. The van der Waals surface area contributed by atoms with Gasteiger partial charge in [0, 0.05) is 44.6 Å². The standard InChI is InChI=1S/C23H22Cl2N4O3/c1-15-5-7-16(8-6-15)22-27-26-19(32-22)9-10-20(30)28-11-13-29(14-12-28)23(31)17-3-2-4-18(24)21(17)25/h2-8H,9-14H2,1H3. The molecule has 1 aliphatic heterocycles. The van der Waals surface area contributed by atoms with Gasteiger partial charge in [0.2, 0.25) is 17.7 Å². The zero-order valence-electron chi connectivity index (χ0n) is 17.6. The van der Waals surface area contributed by atoms with E-state index in [0.717, 1.165) is 11.1 Å². The SMILES string of the molecule is Cc1ccc(-c2nnc(CCC(=O)N3CCN(C(=O)c4cccc(Cl)c4Cl)CC3)o2)cc1. The molecule has 7 nitrogen and oxygen atoms in total. The summed E-state index contributed by atoms with van der Waals surface area (Å²) in [5.41, 5.74) is 2.37. The van der Waals surface area contributed by atoms with Crippen LogP contribution in [0.4, 0.5) is 0 Å². The average molecular weight is 473 g/mol. The Bertz CT molecular complexity index is 1120. The van der Waals surface area contributed by atoms with Gasteiger partial charge in [0.05, 0.1) is 15.6 Å². The zero-order chi connectivity index (χ0) is 22.7. The lowest BCUT2D eigenvalue weighted by Gasteiger charge is -2.35. The Hall–Kier alpha value is -2.90. The number of piperazine rings is 1. The molecule has 2 amide bonds. The van der Waals surface area contributed by atoms with Gasteiger partial charge in [-0.25, -0.2) is 0 Å². The van der Waals surface area contributed by atoms with E-state index < -0.39 is 0 Å². The molecule has 4 rings (SSSR count). The molecule has 166 valence electrons. The van der Waals surface area contributed by atoms with E-state index >= 15 is 0 Å². The molecule has 0 saturated carbocycles. The van der Waals surface area contributed by atoms with Crippen molar-refractivity contribution in [2.24, 2.45) is 0 Å². The number of amides is 2. The van der Waals surface area contributed by atoms with Gasteiger partial charge in [-0.2, -0.15) is 0 Å². The summed E-state index contributed by atoms with van der Waals surface area (Å²) in [5.74, 6) is 0.685. The highest BCUT2D eigenvalue weighted by Gasteiger charge is 2.26. The lowest BCUT2D eigenvalue weighted by molar-refractivity contribution is -0.132. The van der Waals surface area contributed by atoms with Crippen LogP contribution < -0.4 is 0 Å². The van der Waals surface area contributed by atoms with Crippen molar-refractivity contribution in [3.8, 4) is 11.5 Å². The molecule has 1 aromatic heterocycles. The van der Waals surface area contributed by atoms with E-state index in [2.05, 4.69) is 10.2 Å². The first kappa shape index (κ1) is 22.3. The van der Waals surface area contributed by atoms with E-state index in [0.29, 0.717) is 55.0 Å². The molecular weight excluding hydrogens is 451 g/mol. The van der Waals surface area contributed by atoms with Gasteiger partial charge >= 0.3 is 0 Å². The van der Waals surface area contributed by atoms with Crippen LogP contribution in [0.15, 0.2) is 46.9 Å². The monoisotopic (exact) mass is 472 g/mol. The molecule has 1 saturated heterocycles. The van der Waals surface area contributed by atoms with Crippen molar-refractivity contribution in [1.29, 1.82) is 0 Å². The molecule has 1 fully saturated rings. The van der Waals surface area contributed by atoms with Crippen molar-refractivity contribution in [2.45, 2.75) is 19.8 Å². The van der Waals surface area contributed by atoms with Crippen LogP contribution in [0.25, 0.3) is 11.5 Å². The van der Waals surface area contributed by atoms with Gasteiger partial charge in [-0.1, -0.05) is 47.0 Å². The predicted molar refractivity (Wildman–Crippen MR) is 122 cm³/mol. The Morgan fingerprint density at radius 2 is 1.66 bits per heavy atom. The summed E-state index contributed by atoms with van der Waals surface area (Å²) in [5, 5.41) is 8.72. The largest absolute Gasteiger partial charge is 0.421 e. The van der Waals surface area contributed by atoms with Crippen LogP contribution in [0.2, 0.25) is 10.0 Å². The van der Waals surface area contributed by atoms with Gasteiger partial charge in [0.15, 0.2) is 0 Å². The minimum absolute atomic E-state index is 0.00651. The van der Waals surface area contributed by atoms with E-state index in [9.17, 15) is 9.59 Å². The highest BCUT2D eigenvalue weighted by Crippen LogP contribution is 2.27. The number of hydrogen-bond donors (Lipinski definition) is 0. The molecule has 32 heavy (non-hydrogen) atoms. The first-order valence-electron chi connectivity index (χ1n) is 10.3. The van der Waals surface area contributed by atoms with E-state index in [1.807, 2.05) is 31.2 Å². The number of halogens is 2. The lowest BCUT2D eigenvalue weighted by atomic mass is 10.1. The van der Waals surface area contributed by atoms with Gasteiger partial charge < -0.3 is 14.2 Å². The summed E-state index contributed by atoms with van der Waals surface area (Å²) in [6, 6.07) is 12.8. The summed E-state index contributed by atoms with van der Waals surface area (Å²) in [4.78, 5) is 28.8. The molecule has 9 heteroatoms. The average Bonchev–Trinajstić information content (AvgIpc) is 3.28. The second kappa shape index (κ2) is 9.71. The van der Waals surface area contributed by atoms with Crippen LogP contribution in [0, 0.1) is 6.92 Å². The maximum Gasteiger partial charge on any atom is 0.255 e. The Balaban J connectivity index is 1.28. The highest BCUT2D eigenvalue weighted by molar-refractivity contribution is 6.43. The van der Waals surface area contributed by atoms with Crippen LogP contribution in [0.5, 0.6) is 0 Å². The van der Waals surface area contributed by atoms with E-state index in [4.69, 9.17) is 27.6 Å². The number of aromatic nitrogens is 2. The third-order valence-electron chi connectivity index (χ3n) is 5.42. The lowest BCUT2D eigenvalue weighted by Crippen LogP contribution is -2.50. The fourth-order valence-corrected chi connectivity index (χ4v) is 3.92. The van der Waals surface area contributed by atoms with Crippen LogP contribution in [0.3, 0.4) is 0 Å². The normalized spacial score (nSPS) is 14.0. The Labute approximate surface area is 195 Å². The molecule has 0 unspecified atom stereocenters. The van der Waals surface area contributed by atoms with Crippen molar-refractivity contribution in [3.63, 3.8) is 0 Å². The summed E-state index contributed by atoms with van der Waals surface area (Å²) >= 11 is 12.2. The molecule has 0 N–H and O–H groups in total. The predicted octanol–water partition coefficient (Wildman–Crippen LogP) is 4.27. The third kappa shape index (κ3) is 4.95. The van der Waals surface area contributed by atoms with E-state index in [1.165, 1.54) is 0 Å². The maximum atomic E-state index is 12.7. The summed E-state index contributed by atoms with van der Waals surface area (Å²) in [6.45, 7) is 3.80. The summed E-state index contributed by atoms with van der Waals surface area (Å²) < 4.78 is 5.70. The van der Waals surface area contributed by atoms with Gasteiger partial charge in [-0.15, -0.1) is 10.2 Å². The van der Waals surface area contributed by atoms with Crippen LogP contribution >= 0.6 is 23.2 Å². The van der Waals surface area contributed by atoms with Crippen molar-refractivity contribution >= 4 is 35.0 Å². The molecular formula is C23H22Cl2N4O3. The second-order valence-electron chi connectivity index (χ2n) is 7.64. The zero-order valence-corrected chi connectivity index (χ0v) is 19.1. The first-order chi connectivity index (χ1) is 15.4. The Morgan fingerprint density at radius 3 is 2.38 bits per heavy atom. The minimum atomic E-state index is -0.181. The molecule has 1 aliphatic rings. The van der Waals surface area contributed by atoms with Crippen LogP contribution in [0.1, 0.15) is 28.2 Å². The number of nitrogens with zero attached hydrogens (tertiary/aromatic N) is 4. The topological polar surface area (TPSA) is 79.5 Å². The van der Waals surface area contributed by atoms with Crippen molar-refractivity contribution in [3.05, 3.63) is 69.5 Å². The summed E-state index contributed by atoms with van der Waals surface area (Å²) in [6.07, 6.45) is 0.637. The molecule has 2 heterocycles. The maximum absolute atomic E-state index is 12.7. The number of rotatable bonds is 5. The molecule has 0 atom stereocenters. The fraction of sp³-hybridized carbons (Fsp3) is 0.304. The van der Waals surface area contributed by atoms with Crippen LogP contribution in [-0.2, 0) is 11.2 Å². The Morgan fingerprint density at radius 1 is 0.969 bits per heavy atom. The van der Waals surface area contributed by atoms with Crippen molar-refractivity contribution in [1.82, 2.24) is 20.0 Å². The molecule has 0 radical (unpaired) electrons. The summed E-state index contributed by atoms with van der Waals surface area (Å²) in [7, 11) is 0. The quantitative estimate of drug-likeness (QED) is 0.553. The molecule has 0 spiro atoms. The van der Waals surface area contributed by atoms with Gasteiger partial charge in [0.25, 0.3) is 5.91 Å². The molecule has 2 aromatic carbocycles. The second-order valence-corrected chi connectivity index (χ2v) is 8.43. The van der Waals surface area contributed by atoms with E-state index in [-0.39, 0.29) is 23.3 Å². The molecule has 3 aromatic rings. The number of carbonyl (C=O) groups excluding carboxylic acids is 2. The molecule has 0 aliphatic carbocycles. The number of benzene rings is 2. The van der Waals surface area contributed by atoms with Gasteiger partial charge in [-0.05, 0) is 31.2 Å². The van der Waals surface area contributed by atoms with Crippen molar-refractivity contribution < 1.29 is 14.0 Å². The number of hydrogen-bond acceptors (Lipinski definition) is 5. The first-order valence-corrected chi connectivity index (χ1v) is 11.1. The number of carbonyl (C=O) groups is 2. The third-order valence-corrected chi connectivity index (χ3v) is 6.24. The van der Waals surface area contributed by atoms with Crippen molar-refractivity contribution in [2.75, 3.05) is 26.2 Å². The molecule has 0 bridgehead atoms. The minimum Gasteiger partial charge on any atom is -0.421 e. The number of aryl methyl sites for hydroxylation is 2. The van der Waals surface area contributed by atoms with Crippen LogP contribution in [-0.4, -0.2) is 58.0 Å².